The Balaban J connectivity index is 2.13. The van der Waals surface area contributed by atoms with Gasteiger partial charge in [-0.3, -0.25) is 15.0 Å². The normalized spacial score (nSPS) is 14.8. The lowest BCUT2D eigenvalue weighted by atomic mass is 9.98. The topological polar surface area (TPSA) is 38.1 Å². The standard InChI is InChI=1S/C15H12BrN3/c1-9-5-6-18-14(9)10(2)11-3-4-12-15(13(11)16)19-8-7-17-12/h3-4,7-8H,1-2,5-6H2. The molecule has 2 heterocycles. The number of halogens is 1. The number of hydrogen-bond donors (Lipinski definition) is 0. The monoisotopic (exact) mass is 313 g/mol. The number of nitrogens with zero attached hydrogens (tertiary/aromatic N) is 3. The van der Waals surface area contributed by atoms with E-state index in [9.17, 15) is 0 Å². The maximum Gasteiger partial charge on any atom is 0.103 e. The fourth-order valence-electron chi connectivity index (χ4n) is 2.21. The molecule has 0 atom stereocenters. The van der Waals surface area contributed by atoms with Crippen LogP contribution < -0.4 is 0 Å². The Labute approximate surface area is 119 Å². The molecule has 0 saturated carbocycles. The smallest absolute Gasteiger partial charge is 0.103 e. The van der Waals surface area contributed by atoms with Gasteiger partial charge in [-0.25, -0.2) is 0 Å². The average molecular weight is 314 g/mol. The Morgan fingerprint density at radius 2 is 2.00 bits per heavy atom. The lowest BCUT2D eigenvalue weighted by Gasteiger charge is -2.10. The average Bonchev–Trinajstić information content (AvgIpc) is 2.85. The Bertz CT molecular complexity index is 731. The van der Waals surface area contributed by atoms with Gasteiger partial charge in [-0.1, -0.05) is 19.2 Å². The maximum atomic E-state index is 4.47. The van der Waals surface area contributed by atoms with E-state index in [1.54, 1.807) is 12.4 Å². The molecule has 1 aromatic carbocycles. The molecular formula is C15H12BrN3. The number of benzene rings is 1. The van der Waals surface area contributed by atoms with Crippen LogP contribution in [0.15, 0.2) is 52.7 Å². The summed E-state index contributed by atoms with van der Waals surface area (Å²) in [4.78, 5) is 13.1. The molecule has 19 heavy (non-hydrogen) atoms. The van der Waals surface area contributed by atoms with E-state index in [0.717, 1.165) is 50.9 Å². The first-order valence-corrected chi connectivity index (χ1v) is 6.79. The van der Waals surface area contributed by atoms with Crippen molar-refractivity contribution in [2.75, 3.05) is 6.54 Å². The highest BCUT2D eigenvalue weighted by atomic mass is 79.9. The van der Waals surface area contributed by atoms with Gasteiger partial charge >= 0.3 is 0 Å². The first kappa shape index (κ1) is 12.2. The van der Waals surface area contributed by atoms with Gasteiger partial charge in [0.2, 0.25) is 0 Å². The van der Waals surface area contributed by atoms with Gasteiger partial charge in [0.05, 0.1) is 15.7 Å². The summed E-state index contributed by atoms with van der Waals surface area (Å²) in [5.74, 6) is 0. The van der Waals surface area contributed by atoms with E-state index in [1.165, 1.54) is 0 Å². The van der Waals surface area contributed by atoms with Crippen LogP contribution in [-0.4, -0.2) is 22.2 Å². The van der Waals surface area contributed by atoms with Crippen LogP contribution in [-0.2, 0) is 0 Å². The molecule has 1 aromatic heterocycles. The zero-order valence-corrected chi connectivity index (χ0v) is 11.9. The molecule has 0 fully saturated rings. The zero-order valence-electron chi connectivity index (χ0n) is 10.4. The van der Waals surface area contributed by atoms with Gasteiger partial charge in [0.1, 0.15) is 5.52 Å². The van der Waals surface area contributed by atoms with Gasteiger partial charge in [-0.2, -0.15) is 0 Å². The van der Waals surface area contributed by atoms with Crippen molar-refractivity contribution >= 4 is 38.2 Å². The molecule has 0 amide bonds. The predicted molar refractivity (Wildman–Crippen MR) is 82.3 cm³/mol. The Hall–Kier alpha value is -1.81. The Kier molecular flexibility index (Phi) is 3.03. The summed E-state index contributed by atoms with van der Waals surface area (Å²) in [5.41, 5.74) is 5.56. The molecule has 1 aliphatic heterocycles. The molecular weight excluding hydrogens is 302 g/mol. The second kappa shape index (κ2) is 4.70. The van der Waals surface area contributed by atoms with Crippen molar-refractivity contribution in [1.82, 2.24) is 9.97 Å². The van der Waals surface area contributed by atoms with Gasteiger partial charge < -0.3 is 0 Å². The molecule has 0 unspecified atom stereocenters. The van der Waals surface area contributed by atoms with Crippen molar-refractivity contribution in [3.63, 3.8) is 0 Å². The van der Waals surface area contributed by atoms with Crippen molar-refractivity contribution in [3.8, 4) is 0 Å². The number of aromatic nitrogens is 2. The highest BCUT2D eigenvalue weighted by molar-refractivity contribution is 9.10. The minimum atomic E-state index is 0.804. The highest BCUT2D eigenvalue weighted by Crippen LogP contribution is 2.32. The largest absolute Gasteiger partial charge is 0.284 e. The van der Waals surface area contributed by atoms with Crippen LogP contribution in [0.2, 0.25) is 0 Å². The number of rotatable bonds is 2. The number of hydrogen-bond acceptors (Lipinski definition) is 3. The quantitative estimate of drug-likeness (QED) is 0.845. The molecule has 0 radical (unpaired) electrons. The van der Waals surface area contributed by atoms with E-state index in [2.05, 4.69) is 44.0 Å². The highest BCUT2D eigenvalue weighted by Gasteiger charge is 2.18. The lowest BCUT2D eigenvalue weighted by molar-refractivity contribution is 1.05. The van der Waals surface area contributed by atoms with E-state index in [1.807, 2.05) is 12.1 Å². The van der Waals surface area contributed by atoms with Crippen molar-refractivity contribution < 1.29 is 0 Å². The summed E-state index contributed by atoms with van der Waals surface area (Å²) in [7, 11) is 0. The van der Waals surface area contributed by atoms with Crippen LogP contribution in [0.5, 0.6) is 0 Å². The molecule has 0 aliphatic carbocycles. The first-order chi connectivity index (χ1) is 9.18. The SMILES string of the molecule is C=C1CCN=C1C(=C)c1ccc2nccnc2c1Br. The van der Waals surface area contributed by atoms with E-state index in [-0.39, 0.29) is 0 Å². The van der Waals surface area contributed by atoms with Gasteiger partial charge in [0.25, 0.3) is 0 Å². The molecule has 94 valence electrons. The zero-order chi connectivity index (χ0) is 13.4. The molecule has 2 aromatic rings. The molecule has 0 saturated heterocycles. The summed E-state index contributed by atoms with van der Waals surface area (Å²) < 4.78 is 0.908. The van der Waals surface area contributed by atoms with Crippen LogP contribution >= 0.6 is 15.9 Å². The lowest BCUT2D eigenvalue weighted by Crippen LogP contribution is -2.01. The van der Waals surface area contributed by atoms with Crippen LogP contribution in [0.3, 0.4) is 0 Å². The van der Waals surface area contributed by atoms with Gasteiger partial charge in [-0.15, -0.1) is 0 Å². The molecule has 0 N–H and O–H groups in total. The van der Waals surface area contributed by atoms with E-state index >= 15 is 0 Å². The predicted octanol–water partition coefficient (Wildman–Crippen LogP) is 3.81. The summed E-state index contributed by atoms with van der Waals surface area (Å²) in [6.07, 6.45) is 4.29. The third-order valence-corrected chi connectivity index (χ3v) is 4.01. The molecule has 1 aliphatic rings. The second-order valence-electron chi connectivity index (χ2n) is 4.41. The molecule has 0 spiro atoms. The summed E-state index contributed by atoms with van der Waals surface area (Å²) in [6, 6.07) is 3.95. The molecule has 3 nitrogen and oxygen atoms in total. The summed E-state index contributed by atoms with van der Waals surface area (Å²) in [5, 5.41) is 0. The maximum absolute atomic E-state index is 4.47. The number of fused-ring (bicyclic) bond motifs is 1. The number of allylic oxidation sites excluding steroid dienone is 1. The third-order valence-electron chi connectivity index (χ3n) is 3.21. The fourth-order valence-corrected chi connectivity index (χ4v) is 2.88. The minimum Gasteiger partial charge on any atom is -0.284 e. The summed E-state index contributed by atoms with van der Waals surface area (Å²) in [6.45, 7) is 9.00. The van der Waals surface area contributed by atoms with Gasteiger partial charge in [-0.05, 0) is 39.6 Å². The minimum absolute atomic E-state index is 0.804. The van der Waals surface area contributed by atoms with E-state index < -0.39 is 0 Å². The Morgan fingerprint density at radius 3 is 2.74 bits per heavy atom. The molecule has 0 bridgehead atoms. The Morgan fingerprint density at radius 1 is 1.21 bits per heavy atom. The third kappa shape index (κ3) is 2.02. The first-order valence-electron chi connectivity index (χ1n) is 6.00. The fraction of sp³-hybridized carbons (Fsp3) is 0.133. The molecule has 3 rings (SSSR count). The molecule has 4 heteroatoms. The van der Waals surface area contributed by atoms with E-state index in [4.69, 9.17) is 0 Å². The van der Waals surface area contributed by atoms with Crippen molar-refractivity contribution in [3.05, 3.63) is 53.3 Å². The van der Waals surface area contributed by atoms with Crippen LogP contribution in [0.1, 0.15) is 12.0 Å². The van der Waals surface area contributed by atoms with Crippen molar-refractivity contribution in [1.29, 1.82) is 0 Å². The van der Waals surface area contributed by atoms with Gasteiger partial charge in [0.15, 0.2) is 0 Å². The van der Waals surface area contributed by atoms with Gasteiger partial charge in [0, 0.05) is 24.5 Å². The van der Waals surface area contributed by atoms with Crippen molar-refractivity contribution in [2.24, 2.45) is 4.99 Å². The van der Waals surface area contributed by atoms with Crippen LogP contribution in [0.4, 0.5) is 0 Å². The second-order valence-corrected chi connectivity index (χ2v) is 5.21. The van der Waals surface area contributed by atoms with Crippen LogP contribution in [0.25, 0.3) is 16.6 Å². The van der Waals surface area contributed by atoms with E-state index in [0.29, 0.717) is 0 Å². The summed E-state index contributed by atoms with van der Waals surface area (Å²) >= 11 is 3.60. The number of aliphatic imine (C=N–C) groups is 1. The van der Waals surface area contributed by atoms with Crippen molar-refractivity contribution in [2.45, 2.75) is 6.42 Å². The van der Waals surface area contributed by atoms with Crippen LogP contribution in [0, 0.1) is 0 Å².